The summed E-state index contributed by atoms with van der Waals surface area (Å²) in [5.74, 6) is -0.212. The molecule has 1 aliphatic rings. The van der Waals surface area contributed by atoms with E-state index >= 15 is 0 Å². The van der Waals surface area contributed by atoms with Gasteiger partial charge in [0.1, 0.15) is 5.75 Å². The zero-order chi connectivity index (χ0) is 16.8. The van der Waals surface area contributed by atoms with Crippen LogP contribution in [0.25, 0.3) is 6.08 Å². The number of rotatable bonds is 0. The third-order valence-corrected chi connectivity index (χ3v) is 4.22. The van der Waals surface area contributed by atoms with Crippen molar-refractivity contribution in [3.63, 3.8) is 0 Å². The molecular weight excluding hydrogens is 292 g/mol. The number of hydrogen-bond acceptors (Lipinski definition) is 4. The Hall–Kier alpha value is -1.81. The molecule has 1 aromatic rings. The Labute approximate surface area is 137 Å². The molecule has 4 nitrogen and oxygen atoms in total. The van der Waals surface area contributed by atoms with E-state index in [1.165, 1.54) is 0 Å². The minimum absolute atomic E-state index is 0.142. The van der Waals surface area contributed by atoms with Gasteiger partial charge in [-0.15, -0.1) is 0 Å². The van der Waals surface area contributed by atoms with Crippen LogP contribution in [0, 0.1) is 6.92 Å². The maximum absolute atomic E-state index is 12.5. The Morgan fingerprint density at radius 1 is 1.17 bits per heavy atom. The molecule has 23 heavy (non-hydrogen) atoms. The summed E-state index contributed by atoms with van der Waals surface area (Å²) >= 11 is 0. The number of ether oxygens (including phenoxy) is 1. The van der Waals surface area contributed by atoms with Crippen LogP contribution in [0.3, 0.4) is 0 Å². The summed E-state index contributed by atoms with van der Waals surface area (Å²) < 4.78 is 5.54. The lowest BCUT2D eigenvalue weighted by Crippen LogP contribution is -2.18. The van der Waals surface area contributed by atoms with E-state index < -0.39 is 0 Å². The topological polar surface area (TPSA) is 66.8 Å². The van der Waals surface area contributed by atoms with Crippen LogP contribution in [0.1, 0.15) is 66.9 Å². The third-order valence-electron chi connectivity index (χ3n) is 4.22. The van der Waals surface area contributed by atoms with Crippen LogP contribution in [0.4, 0.5) is 0 Å². The van der Waals surface area contributed by atoms with Crippen LogP contribution >= 0.6 is 0 Å². The van der Waals surface area contributed by atoms with Gasteiger partial charge in [-0.1, -0.05) is 12.2 Å². The molecular formula is C19H26O4. The quantitative estimate of drug-likeness (QED) is 0.710. The number of carbonyl (C=O) groups excluding carboxylic acids is 1. The fraction of sp³-hybridized carbons (Fsp3) is 0.526. The van der Waals surface area contributed by atoms with E-state index in [0.717, 1.165) is 38.5 Å². The van der Waals surface area contributed by atoms with Gasteiger partial charge in [0.2, 0.25) is 0 Å². The molecule has 2 rings (SSSR count). The van der Waals surface area contributed by atoms with Crippen LogP contribution in [0.5, 0.6) is 5.75 Å². The van der Waals surface area contributed by atoms with Gasteiger partial charge in [0.25, 0.3) is 0 Å². The second-order valence-corrected chi connectivity index (χ2v) is 6.36. The number of aliphatic hydroxyl groups is 1. The number of phenols is 1. The molecule has 0 aliphatic carbocycles. The lowest BCUT2D eigenvalue weighted by atomic mass is 9.99. The number of aromatic hydroxyl groups is 1. The van der Waals surface area contributed by atoms with E-state index in [4.69, 9.17) is 4.74 Å². The summed E-state index contributed by atoms with van der Waals surface area (Å²) in [4.78, 5) is 12.5. The minimum Gasteiger partial charge on any atom is -0.508 e. The highest BCUT2D eigenvalue weighted by Gasteiger charge is 2.19. The highest BCUT2D eigenvalue weighted by molar-refractivity contribution is 5.95. The van der Waals surface area contributed by atoms with Gasteiger partial charge in [0.05, 0.1) is 17.8 Å². The average molecular weight is 318 g/mol. The van der Waals surface area contributed by atoms with Gasteiger partial charge < -0.3 is 14.9 Å². The number of aliphatic hydroxyl groups excluding tert-OH is 1. The molecule has 0 saturated heterocycles. The molecule has 2 N–H and O–H groups in total. The van der Waals surface area contributed by atoms with Gasteiger partial charge in [0, 0.05) is 0 Å². The van der Waals surface area contributed by atoms with Crippen molar-refractivity contribution in [3.05, 3.63) is 34.9 Å². The molecule has 0 bridgehead atoms. The lowest BCUT2D eigenvalue weighted by Gasteiger charge is -2.17. The lowest BCUT2D eigenvalue weighted by molar-refractivity contribution is 0.0309. The fourth-order valence-corrected chi connectivity index (χ4v) is 2.97. The molecule has 0 spiro atoms. The molecule has 126 valence electrons. The van der Waals surface area contributed by atoms with Gasteiger partial charge >= 0.3 is 5.97 Å². The van der Waals surface area contributed by atoms with Crippen molar-refractivity contribution in [2.45, 2.75) is 64.6 Å². The van der Waals surface area contributed by atoms with Crippen LogP contribution in [0.2, 0.25) is 0 Å². The Morgan fingerprint density at radius 3 is 2.70 bits per heavy atom. The van der Waals surface area contributed by atoms with Gasteiger partial charge in [-0.2, -0.15) is 0 Å². The number of aryl methyl sites for hydroxylation is 1. The van der Waals surface area contributed by atoms with E-state index in [1.54, 1.807) is 19.1 Å². The molecule has 1 aliphatic heterocycles. The summed E-state index contributed by atoms with van der Waals surface area (Å²) in [6.07, 6.45) is 8.20. The Morgan fingerprint density at radius 2 is 1.91 bits per heavy atom. The molecule has 0 fully saturated rings. The van der Waals surface area contributed by atoms with E-state index in [0.29, 0.717) is 16.7 Å². The third kappa shape index (κ3) is 5.10. The number of fused-ring (bicyclic) bond motifs is 1. The first-order chi connectivity index (χ1) is 11.0. The van der Waals surface area contributed by atoms with E-state index in [-0.39, 0.29) is 23.9 Å². The summed E-state index contributed by atoms with van der Waals surface area (Å²) in [5.41, 5.74) is 1.91. The van der Waals surface area contributed by atoms with Crippen molar-refractivity contribution >= 4 is 12.0 Å². The van der Waals surface area contributed by atoms with E-state index in [1.807, 2.05) is 19.1 Å². The monoisotopic (exact) mass is 318 g/mol. The molecule has 0 saturated carbocycles. The number of hydrogen-bond donors (Lipinski definition) is 2. The van der Waals surface area contributed by atoms with Crippen LogP contribution in [-0.4, -0.2) is 28.4 Å². The number of phenolic OH excluding ortho intramolecular Hbond substituents is 1. The Kier molecular flexibility index (Phi) is 6.22. The first kappa shape index (κ1) is 17.5. The molecule has 1 heterocycles. The second-order valence-electron chi connectivity index (χ2n) is 6.36. The number of benzene rings is 1. The Bertz CT molecular complexity index is 577. The highest BCUT2D eigenvalue weighted by atomic mass is 16.5. The average Bonchev–Trinajstić information content (AvgIpc) is 2.45. The molecule has 4 heteroatoms. The van der Waals surface area contributed by atoms with Crippen LogP contribution in [0.15, 0.2) is 18.2 Å². The minimum atomic E-state index is -0.354. The SMILES string of the molecule is Cc1cc(O)cc2c1C(=O)O[C@@H](C)CCCC(O)CCC/C=C/2. The number of carbonyl (C=O) groups is 1. The van der Waals surface area contributed by atoms with Crippen molar-refractivity contribution in [2.24, 2.45) is 0 Å². The predicted octanol–water partition coefficient (Wildman–Crippen LogP) is 3.97. The van der Waals surface area contributed by atoms with E-state index in [2.05, 4.69) is 0 Å². The zero-order valence-electron chi connectivity index (χ0n) is 13.9. The molecule has 1 aromatic carbocycles. The summed E-state index contributed by atoms with van der Waals surface area (Å²) in [6.45, 7) is 3.68. The zero-order valence-corrected chi connectivity index (χ0v) is 13.9. The van der Waals surface area contributed by atoms with Crippen molar-refractivity contribution < 1.29 is 19.7 Å². The predicted molar refractivity (Wildman–Crippen MR) is 90.5 cm³/mol. The standard InChI is InChI=1S/C19H26O4/c1-13-11-17(21)12-15-8-4-3-5-9-16(20)10-6-7-14(2)23-19(22)18(13)15/h4,8,11-12,14,16,20-21H,3,5-7,9-10H2,1-2H3/b8-4+/t14-,16?/m0/s1. The second kappa shape index (κ2) is 8.16. The maximum Gasteiger partial charge on any atom is 0.339 e. The van der Waals surface area contributed by atoms with Gasteiger partial charge in [0.15, 0.2) is 0 Å². The molecule has 0 amide bonds. The largest absolute Gasteiger partial charge is 0.508 e. The molecule has 1 unspecified atom stereocenters. The van der Waals surface area contributed by atoms with Crippen molar-refractivity contribution in [1.29, 1.82) is 0 Å². The molecule has 2 atom stereocenters. The van der Waals surface area contributed by atoms with Gasteiger partial charge in [-0.05, 0) is 75.6 Å². The van der Waals surface area contributed by atoms with Gasteiger partial charge in [-0.3, -0.25) is 0 Å². The summed E-state index contributed by atoms with van der Waals surface area (Å²) in [5, 5.41) is 19.7. The van der Waals surface area contributed by atoms with Crippen molar-refractivity contribution in [2.75, 3.05) is 0 Å². The molecule has 0 aromatic heterocycles. The fourth-order valence-electron chi connectivity index (χ4n) is 2.97. The number of allylic oxidation sites excluding steroid dienone is 1. The first-order valence-electron chi connectivity index (χ1n) is 8.36. The van der Waals surface area contributed by atoms with Crippen LogP contribution in [-0.2, 0) is 4.74 Å². The van der Waals surface area contributed by atoms with Crippen molar-refractivity contribution in [3.8, 4) is 5.75 Å². The van der Waals surface area contributed by atoms with E-state index in [9.17, 15) is 15.0 Å². The van der Waals surface area contributed by atoms with Gasteiger partial charge in [-0.25, -0.2) is 4.79 Å². The maximum atomic E-state index is 12.5. The van der Waals surface area contributed by atoms with Crippen molar-refractivity contribution in [1.82, 2.24) is 0 Å². The molecule has 0 radical (unpaired) electrons. The van der Waals surface area contributed by atoms with Crippen LogP contribution < -0.4 is 0 Å². The smallest absolute Gasteiger partial charge is 0.339 e. The first-order valence-corrected chi connectivity index (χ1v) is 8.36. The summed E-state index contributed by atoms with van der Waals surface area (Å²) in [7, 11) is 0. The normalized spacial score (nSPS) is 25.1. The number of esters is 1. The Balaban J connectivity index is 2.30. The highest BCUT2D eigenvalue weighted by Crippen LogP contribution is 2.25. The number of cyclic esters (lactones) is 1. The summed E-state index contributed by atoms with van der Waals surface area (Å²) in [6, 6.07) is 3.17.